The van der Waals surface area contributed by atoms with E-state index in [0.29, 0.717) is 17.7 Å². The third-order valence-electron chi connectivity index (χ3n) is 5.20. The van der Waals surface area contributed by atoms with Gasteiger partial charge in [0.15, 0.2) is 6.29 Å². The van der Waals surface area contributed by atoms with E-state index in [4.69, 9.17) is 20.9 Å². The second-order valence-corrected chi connectivity index (χ2v) is 7.87. The number of aliphatic imine (C=N–C) groups is 1. The maximum atomic E-state index is 13.5. The number of morpholine rings is 1. The molecule has 1 aliphatic rings. The van der Waals surface area contributed by atoms with Crippen molar-refractivity contribution in [2.45, 2.75) is 31.3 Å². The summed E-state index contributed by atoms with van der Waals surface area (Å²) >= 11 is 0. The van der Waals surface area contributed by atoms with Gasteiger partial charge in [-0.05, 0) is 41.5 Å². The highest BCUT2D eigenvalue weighted by Crippen LogP contribution is 2.37. The van der Waals surface area contributed by atoms with Gasteiger partial charge in [-0.3, -0.25) is 4.90 Å². The Bertz CT molecular complexity index is 1070. The van der Waals surface area contributed by atoms with E-state index >= 15 is 0 Å². The zero-order valence-electron chi connectivity index (χ0n) is 18.4. The smallest absolute Gasteiger partial charge is 0.386 e. The molecule has 1 heterocycles. The fourth-order valence-electron chi connectivity index (χ4n) is 3.70. The van der Waals surface area contributed by atoms with E-state index in [1.54, 1.807) is 4.90 Å². The first-order chi connectivity index (χ1) is 16.7. The van der Waals surface area contributed by atoms with Gasteiger partial charge in [-0.1, -0.05) is 12.1 Å². The normalized spacial score (nSPS) is 19.9. The summed E-state index contributed by atoms with van der Waals surface area (Å²) in [5, 5.41) is 0. The predicted octanol–water partition coefficient (Wildman–Crippen LogP) is 4.22. The number of hydrogen-bond acceptors (Lipinski definition) is 4. The van der Waals surface area contributed by atoms with Gasteiger partial charge in [0, 0.05) is 6.54 Å². The molecule has 7 nitrogen and oxygen atoms in total. The number of benzene rings is 2. The molecule has 2 aromatic carbocycles. The van der Waals surface area contributed by atoms with Crippen LogP contribution in [0.15, 0.2) is 47.5 Å². The minimum atomic E-state index is -5.01. The van der Waals surface area contributed by atoms with Crippen LogP contribution in [0.2, 0.25) is 0 Å². The molecule has 0 aromatic heterocycles. The molecule has 2 atom stereocenters. The molecule has 0 radical (unpaired) electrons. The molecule has 1 saturated heterocycles. The Kier molecular flexibility index (Phi) is 8.21. The Hall–Kier alpha value is -3.23. The zero-order chi connectivity index (χ0) is 26.7. The van der Waals surface area contributed by atoms with Crippen molar-refractivity contribution in [1.82, 2.24) is 4.90 Å². The number of amides is 2. The SMILES string of the molecule is NC(=O)/N=C(\N)CN1CCO[C@H](OCc2cc(C(F)(F)F)cc(C(F)(F)F)c2)[C@@H]1c1ccc(F)cc1. The molecule has 14 heteroatoms. The molecule has 196 valence electrons. The van der Waals surface area contributed by atoms with Gasteiger partial charge in [0.1, 0.15) is 11.7 Å². The number of hydrogen-bond donors (Lipinski definition) is 2. The number of urea groups is 1. The molecule has 2 aromatic rings. The van der Waals surface area contributed by atoms with Gasteiger partial charge in [-0.15, -0.1) is 0 Å². The molecule has 0 aliphatic carbocycles. The van der Waals surface area contributed by atoms with Crippen molar-refractivity contribution >= 4 is 11.9 Å². The summed E-state index contributed by atoms with van der Waals surface area (Å²) < 4.78 is 104. The van der Waals surface area contributed by atoms with Crippen LogP contribution >= 0.6 is 0 Å². The largest absolute Gasteiger partial charge is 0.416 e. The number of alkyl halides is 6. The molecule has 0 spiro atoms. The van der Waals surface area contributed by atoms with E-state index in [9.17, 15) is 35.5 Å². The summed E-state index contributed by atoms with van der Waals surface area (Å²) in [5.74, 6) is -0.694. The Labute approximate surface area is 200 Å². The van der Waals surface area contributed by atoms with Crippen LogP contribution in [-0.4, -0.2) is 42.8 Å². The second-order valence-electron chi connectivity index (χ2n) is 7.87. The number of rotatable bonds is 6. The average molecular weight is 522 g/mol. The lowest BCUT2D eigenvalue weighted by molar-refractivity contribution is -0.214. The Morgan fingerprint density at radius 3 is 2.14 bits per heavy atom. The summed E-state index contributed by atoms with van der Waals surface area (Å²) in [6, 6.07) is 4.40. The van der Waals surface area contributed by atoms with Crippen LogP contribution in [0.1, 0.15) is 28.3 Å². The molecule has 0 unspecified atom stereocenters. The van der Waals surface area contributed by atoms with Gasteiger partial charge in [-0.25, -0.2) is 9.18 Å². The van der Waals surface area contributed by atoms with Crippen LogP contribution in [0.4, 0.5) is 35.5 Å². The van der Waals surface area contributed by atoms with Gasteiger partial charge in [0.2, 0.25) is 0 Å². The number of ether oxygens (including phenoxy) is 2. The minimum Gasteiger partial charge on any atom is -0.386 e. The minimum absolute atomic E-state index is 0.0184. The lowest BCUT2D eigenvalue weighted by atomic mass is 10.0. The number of primary amides is 1. The van der Waals surface area contributed by atoms with Crippen molar-refractivity contribution in [3.05, 3.63) is 70.5 Å². The Balaban J connectivity index is 1.90. The molecule has 36 heavy (non-hydrogen) atoms. The van der Waals surface area contributed by atoms with Gasteiger partial charge in [0.25, 0.3) is 0 Å². The number of carbonyl (C=O) groups is 1. The number of nitrogens with zero attached hydrogens (tertiary/aromatic N) is 2. The van der Waals surface area contributed by atoms with Crippen molar-refractivity contribution in [3.63, 3.8) is 0 Å². The van der Waals surface area contributed by atoms with Crippen LogP contribution in [-0.2, 0) is 28.4 Å². The molecule has 0 bridgehead atoms. The van der Waals surface area contributed by atoms with Crippen molar-refractivity contribution in [3.8, 4) is 0 Å². The van der Waals surface area contributed by atoms with Crippen LogP contribution in [0.3, 0.4) is 0 Å². The van der Waals surface area contributed by atoms with Crippen LogP contribution in [0.25, 0.3) is 0 Å². The highest BCUT2D eigenvalue weighted by molar-refractivity contribution is 5.93. The summed E-state index contributed by atoms with van der Waals surface area (Å²) in [7, 11) is 0. The average Bonchev–Trinajstić information content (AvgIpc) is 2.76. The predicted molar refractivity (Wildman–Crippen MR) is 113 cm³/mol. The first-order valence-corrected chi connectivity index (χ1v) is 10.4. The molecule has 1 aliphatic heterocycles. The molecule has 4 N–H and O–H groups in total. The maximum Gasteiger partial charge on any atom is 0.416 e. The topological polar surface area (TPSA) is 103 Å². The monoisotopic (exact) mass is 522 g/mol. The fourth-order valence-corrected chi connectivity index (χ4v) is 3.70. The van der Waals surface area contributed by atoms with E-state index in [1.165, 1.54) is 12.1 Å². The van der Waals surface area contributed by atoms with Crippen molar-refractivity contribution < 1.29 is 45.0 Å². The molecule has 0 saturated carbocycles. The maximum absolute atomic E-state index is 13.5. The van der Waals surface area contributed by atoms with Gasteiger partial charge < -0.3 is 20.9 Å². The van der Waals surface area contributed by atoms with Gasteiger partial charge in [-0.2, -0.15) is 31.3 Å². The lowest BCUT2D eigenvalue weighted by Gasteiger charge is -2.41. The molecule has 2 amide bonds. The van der Waals surface area contributed by atoms with E-state index in [0.717, 1.165) is 12.1 Å². The van der Waals surface area contributed by atoms with Crippen LogP contribution < -0.4 is 11.5 Å². The van der Waals surface area contributed by atoms with Crippen molar-refractivity contribution in [1.29, 1.82) is 0 Å². The van der Waals surface area contributed by atoms with Crippen LogP contribution in [0, 0.1) is 5.82 Å². The quantitative estimate of drug-likeness (QED) is 0.336. The molecule has 3 rings (SSSR count). The van der Waals surface area contributed by atoms with E-state index in [-0.39, 0.29) is 37.2 Å². The molecule has 1 fully saturated rings. The third kappa shape index (κ3) is 7.15. The summed E-state index contributed by atoms with van der Waals surface area (Å²) in [5.41, 5.74) is 7.87. The van der Waals surface area contributed by atoms with Crippen molar-refractivity contribution in [2.24, 2.45) is 16.5 Å². The second kappa shape index (κ2) is 10.8. The number of halogens is 7. The highest BCUT2D eigenvalue weighted by Gasteiger charge is 2.38. The highest BCUT2D eigenvalue weighted by atomic mass is 19.4. The fraction of sp³-hybridized carbons (Fsp3) is 0.364. The summed E-state index contributed by atoms with van der Waals surface area (Å²) in [6.45, 7) is -0.481. The Morgan fingerprint density at radius 2 is 1.61 bits per heavy atom. The summed E-state index contributed by atoms with van der Waals surface area (Å²) in [6.07, 6.45) is -11.2. The lowest BCUT2D eigenvalue weighted by Crippen LogP contribution is -2.49. The number of nitrogens with two attached hydrogens (primary N) is 2. The van der Waals surface area contributed by atoms with E-state index in [1.807, 2.05) is 0 Å². The molecular formula is C22H21F7N4O3. The standard InChI is InChI=1S/C22H21F7N4O3/c23-16-3-1-13(2-4-16)18-19(35-6-5-33(18)10-17(30)32-20(31)34)36-11-12-7-14(21(24,25)26)9-15(8-12)22(27,28)29/h1-4,7-9,18-19H,5-6,10-11H2,(H4,30,31,32,34)/t18-,19+/m0/s1. The number of carbonyl (C=O) groups excluding carboxylic acids is 1. The number of amidine groups is 1. The van der Waals surface area contributed by atoms with Gasteiger partial charge in [0.05, 0.1) is 36.9 Å². The first kappa shape index (κ1) is 27.4. The van der Waals surface area contributed by atoms with Crippen molar-refractivity contribution in [2.75, 3.05) is 19.7 Å². The first-order valence-electron chi connectivity index (χ1n) is 10.4. The Morgan fingerprint density at radius 1 is 1.03 bits per heavy atom. The summed E-state index contributed by atoms with van der Waals surface area (Å²) in [4.78, 5) is 16.1. The van der Waals surface area contributed by atoms with Crippen LogP contribution in [0.5, 0.6) is 0 Å². The third-order valence-corrected chi connectivity index (χ3v) is 5.20. The van der Waals surface area contributed by atoms with Gasteiger partial charge >= 0.3 is 18.4 Å². The molecular weight excluding hydrogens is 501 g/mol. The van der Waals surface area contributed by atoms with E-state index < -0.39 is 54.3 Å². The van der Waals surface area contributed by atoms with E-state index in [2.05, 4.69) is 4.99 Å². The zero-order valence-corrected chi connectivity index (χ0v) is 18.4.